The molecule has 0 radical (unpaired) electrons. The Morgan fingerprint density at radius 3 is 2.48 bits per heavy atom. The molecule has 0 amide bonds. The van der Waals surface area contributed by atoms with Gasteiger partial charge in [-0.2, -0.15) is 5.26 Å². The van der Waals surface area contributed by atoms with Gasteiger partial charge in [-0.15, -0.1) is 0 Å². The van der Waals surface area contributed by atoms with Crippen LogP contribution in [0.25, 0.3) is 0 Å². The SMILES string of the molecule is C=C1C=C2C3CC(C)CCC3(C)CCC2C2(C)CCC(C)C(C)(CC(C#N)C(C)=O)C12. The molecule has 0 aliphatic heterocycles. The summed E-state index contributed by atoms with van der Waals surface area (Å²) >= 11 is 0. The highest BCUT2D eigenvalue weighted by atomic mass is 16.1. The fraction of sp³-hybridized carbons (Fsp3) is 0.793. The van der Waals surface area contributed by atoms with E-state index in [4.69, 9.17) is 0 Å². The Hall–Kier alpha value is -1.36. The molecule has 0 bridgehead atoms. The minimum absolute atomic E-state index is 0.0190. The second kappa shape index (κ2) is 7.60. The van der Waals surface area contributed by atoms with E-state index in [1.807, 2.05) is 0 Å². The Bertz CT molecular complexity index is 847. The summed E-state index contributed by atoms with van der Waals surface area (Å²) in [6, 6.07) is 2.33. The van der Waals surface area contributed by atoms with Crippen LogP contribution in [0, 0.1) is 63.1 Å². The zero-order valence-electron chi connectivity index (χ0n) is 20.8. The molecule has 9 atom stereocenters. The largest absolute Gasteiger partial charge is 0.299 e. The van der Waals surface area contributed by atoms with E-state index >= 15 is 0 Å². The number of rotatable bonds is 3. The average molecular weight is 422 g/mol. The van der Waals surface area contributed by atoms with Gasteiger partial charge in [0.15, 0.2) is 0 Å². The number of fused-ring (bicyclic) bond motifs is 5. The highest BCUT2D eigenvalue weighted by Crippen LogP contribution is 2.69. The van der Waals surface area contributed by atoms with Crippen LogP contribution in [0.15, 0.2) is 23.8 Å². The number of hydrogen-bond acceptors (Lipinski definition) is 2. The van der Waals surface area contributed by atoms with E-state index in [9.17, 15) is 10.1 Å². The summed E-state index contributed by atoms with van der Waals surface area (Å²) in [7, 11) is 0. The van der Waals surface area contributed by atoms with Crippen LogP contribution in [-0.4, -0.2) is 5.78 Å². The van der Waals surface area contributed by atoms with Crippen LogP contribution in [-0.2, 0) is 4.79 Å². The van der Waals surface area contributed by atoms with Crippen molar-refractivity contribution in [3.05, 3.63) is 23.8 Å². The summed E-state index contributed by atoms with van der Waals surface area (Å²) in [5.41, 5.74) is 3.60. The Morgan fingerprint density at radius 2 is 1.84 bits per heavy atom. The molecular formula is C29H43NO. The lowest BCUT2D eigenvalue weighted by molar-refractivity contribution is -0.123. The lowest BCUT2D eigenvalue weighted by atomic mass is 9.40. The first-order chi connectivity index (χ1) is 14.5. The summed E-state index contributed by atoms with van der Waals surface area (Å²) in [6.07, 6.45) is 12.3. The second-order valence-corrected chi connectivity index (χ2v) is 12.8. The van der Waals surface area contributed by atoms with Crippen molar-refractivity contribution in [3.8, 4) is 6.07 Å². The van der Waals surface area contributed by atoms with Crippen molar-refractivity contribution in [1.82, 2.24) is 0 Å². The number of ketones is 1. The zero-order valence-corrected chi connectivity index (χ0v) is 20.8. The Morgan fingerprint density at radius 1 is 1.16 bits per heavy atom. The van der Waals surface area contributed by atoms with Gasteiger partial charge in [-0.3, -0.25) is 4.79 Å². The van der Waals surface area contributed by atoms with Crippen molar-refractivity contribution in [2.45, 2.75) is 92.9 Å². The molecule has 3 saturated carbocycles. The number of allylic oxidation sites excluding steroid dienone is 3. The molecular weight excluding hydrogens is 378 g/mol. The van der Waals surface area contributed by atoms with E-state index in [1.165, 1.54) is 50.5 Å². The Balaban J connectivity index is 1.77. The van der Waals surface area contributed by atoms with Gasteiger partial charge >= 0.3 is 0 Å². The third kappa shape index (κ3) is 3.37. The summed E-state index contributed by atoms with van der Waals surface area (Å²) in [5.74, 6) is 2.54. The normalized spacial score (nSPS) is 47.8. The number of carbonyl (C=O) groups excluding carboxylic acids is 1. The van der Waals surface area contributed by atoms with Gasteiger partial charge in [-0.05, 0) is 97.7 Å². The Kier molecular flexibility index (Phi) is 5.60. The minimum Gasteiger partial charge on any atom is -0.299 e. The number of hydrogen-bond donors (Lipinski definition) is 0. The molecule has 4 aliphatic rings. The maximum Gasteiger partial charge on any atom is 0.146 e. The van der Waals surface area contributed by atoms with E-state index in [0.717, 1.165) is 5.92 Å². The monoisotopic (exact) mass is 421 g/mol. The van der Waals surface area contributed by atoms with E-state index in [0.29, 0.717) is 35.5 Å². The van der Waals surface area contributed by atoms with Gasteiger partial charge in [0, 0.05) is 0 Å². The summed E-state index contributed by atoms with van der Waals surface area (Å²) in [4.78, 5) is 12.2. The zero-order chi connectivity index (χ0) is 22.8. The topological polar surface area (TPSA) is 40.9 Å². The predicted octanol–water partition coefficient (Wildman–Crippen LogP) is 7.51. The molecule has 0 aromatic carbocycles. The van der Waals surface area contributed by atoms with E-state index in [-0.39, 0.29) is 16.6 Å². The van der Waals surface area contributed by atoms with Crippen LogP contribution in [0.1, 0.15) is 92.9 Å². The lowest BCUT2D eigenvalue weighted by Gasteiger charge is -2.64. The first-order valence-electron chi connectivity index (χ1n) is 12.8. The molecule has 4 aliphatic carbocycles. The third-order valence-electron chi connectivity index (χ3n) is 10.9. The average Bonchev–Trinajstić information content (AvgIpc) is 2.70. The minimum atomic E-state index is -0.498. The molecule has 0 aromatic rings. The maximum atomic E-state index is 12.2. The van der Waals surface area contributed by atoms with Gasteiger partial charge < -0.3 is 0 Å². The highest BCUT2D eigenvalue weighted by Gasteiger charge is 2.61. The van der Waals surface area contributed by atoms with Crippen LogP contribution < -0.4 is 0 Å². The quantitative estimate of drug-likeness (QED) is 0.473. The molecule has 2 nitrogen and oxygen atoms in total. The molecule has 0 aromatic heterocycles. The first-order valence-corrected chi connectivity index (χ1v) is 12.8. The van der Waals surface area contributed by atoms with Crippen LogP contribution in [0.4, 0.5) is 0 Å². The van der Waals surface area contributed by atoms with Crippen LogP contribution >= 0.6 is 0 Å². The van der Waals surface area contributed by atoms with E-state index in [2.05, 4.69) is 53.3 Å². The summed E-state index contributed by atoms with van der Waals surface area (Å²) in [6.45, 7) is 18.5. The van der Waals surface area contributed by atoms with Gasteiger partial charge in [-0.1, -0.05) is 64.8 Å². The van der Waals surface area contributed by atoms with Gasteiger partial charge in [0.25, 0.3) is 0 Å². The molecule has 31 heavy (non-hydrogen) atoms. The van der Waals surface area contributed by atoms with Crippen molar-refractivity contribution >= 4 is 5.78 Å². The molecule has 170 valence electrons. The highest BCUT2D eigenvalue weighted by molar-refractivity contribution is 5.80. The van der Waals surface area contributed by atoms with E-state index in [1.54, 1.807) is 12.5 Å². The summed E-state index contributed by atoms with van der Waals surface area (Å²) < 4.78 is 0. The molecule has 0 N–H and O–H groups in total. The van der Waals surface area contributed by atoms with Crippen LogP contribution in [0.2, 0.25) is 0 Å². The standard InChI is InChI=1S/C29H43NO/c1-18-8-11-27(5)12-10-24-23(25(27)14-18)15-19(2)26-28(24,6)13-9-20(3)29(26,7)16-22(17-30)21(4)31/h15,18,20,22,24-26H,2,8-14,16H2,1,3-7H3. The molecule has 0 heterocycles. The molecule has 9 unspecified atom stereocenters. The molecule has 2 heteroatoms. The van der Waals surface area contributed by atoms with Crippen molar-refractivity contribution in [2.75, 3.05) is 0 Å². The number of carbonyl (C=O) groups is 1. The molecule has 0 saturated heterocycles. The van der Waals surface area contributed by atoms with Crippen LogP contribution in [0.3, 0.4) is 0 Å². The van der Waals surface area contributed by atoms with E-state index < -0.39 is 5.92 Å². The van der Waals surface area contributed by atoms with Gasteiger partial charge in [0.2, 0.25) is 0 Å². The molecule has 3 fully saturated rings. The van der Waals surface area contributed by atoms with Gasteiger partial charge in [-0.25, -0.2) is 0 Å². The summed E-state index contributed by atoms with van der Waals surface area (Å²) in [5, 5.41) is 9.72. The first kappa shape index (κ1) is 22.8. The van der Waals surface area contributed by atoms with Gasteiger partial charge in [0.1, 0.15) is 11.7 Å². The van der Waals surface area contributed by atoms with Crippen LogP contribution in [0.5, 0.6) is 0 Å². The Labute approximate surface area is 190 Å². The lowest BCUT2D eigenvalue weighted by Crippen LogP contribution is -2.57. The predicted molar refractivity (Wildman–Crippen MR) is 127 cm³/mol. The number of Topliss-reactive ketones (excluding diaryl/α,β-unsaturated/α-hetero) is 1. The molecule has 4 rings (SSSR count). The van der Waals surface area contributed by atoms with Crippen molar-refractivity contribution < 1.29 is 4.79 Å². The number of nitrogens with zero attached hydrogens (tertiary/aromatic N) is 1. The molecule has 0 spiro atoms. The maximum absolute atomic E-state index is 12.2. The number of nitriles is 1. The third-order valence-corrected chi connectivity index (χ3v) is 10.9. The smallest absolute Gasteiger partial charge is 0.146 e. The van der Waals surface area contributed by atoms with Gasteiger partial charge in [0.05, 0.1) is 6.07 Å². The fourth-order valence-electron chi connectivity index (χ4n) is 8.79. The fourth-order valence-corrected chi connectivity index (χ4v) is 8.79. The van der Waals surface area contributed by atoms with Crippen molar-refractivity contribution in [1.29, 1.82) is 5.26 Å². The van der Waals surface area contributed by atoms with Crippen molar-refractivity contribution in [2.24, 2.45) is 51.8 Å². The van der Waals surface area contributed by atoms with Crippen molar-refractivity contribution in [3.63, 3.8) is 0 Å². The second-order valence-electron chi connectivity index (χ2n) is 12.8.